The zero-order valence-electron chi connectivity index (χ0n) is 20.0. The van der Waals surface area contributed by atoms with E-state index in [1.807, 2.05) is 19.9 Å². The van der Waals surface area contributed by atoms with Crippen LogP contribution in [0.1, 0.15) is 64.9 Å². The average Bonchev–Trinajstić information content (AvgIpc) is 3.01. The summed E-state index contributed by atoms with van der Waals surface area (Å²) < 4.78 is 0. The SMILES string of the molecule is CCC/C(=C\c1cccc(O)c1)CC[C@@H](O)C1=C(C)C[C@H]2C(=O)N(CCC)C(=O)[C@H]2[C@H]1CO. The number of allylic oxidation sites excluding steroid dienone is 2. The molecule has 3 N–H and O–H groups in total. The van der Waals surface area contributed by atoms with Crippen molar-refractivity contribution in [3.05, 3.63) is 46.5 Å². The number of phenolic OH excluding ortho intramolecular Hbond substituents is 1. The maximum absolute atomic E-state index is 13.0. The van der Waals surface area contributed by atoms with Gasteiger partial charge >= 0.3 is 0 Å². The number of amides is 2. The molecule has 1 aromatic carbocycles. The maximum atomic E-state index is 13.0. The monoisotopic (exact) mass is 455 g/mol. The fourth-order valence-corrected chi connectivity index (χ4v) is 5.54. The second-order valence-corrected chi connectivity index (χ2v) is 9.39. The molecule has 0 spiro atoms. The van der Waals surface area contributed by atoms with E-state index in [0.29, 0.717) is 32.2 Å². The molecular weight excluding hydrogens is 418 g/mol. The molecule has 180 valence electrons. The molecule has 1 aliphatic heterocycles. The number of nitrogens with zero attached hydrogens (tertiary/aromatic N) is 1. The summed E-state index contributed by atoms with van der Waals surface area (Å²) in [4.78, 5) is 27.2. The molecular formula is C27H37NO5. The molecule has 1 saturated heterocycles. The van der Waals surface area contributed by atoms with E-state index in [1.54, 1.807) is 18.2 Å². The fourth-order valence-electron chi connectivity index (χ4n) is 5.54. The molecule has 0 saturated carbocycles. The van der Waals surface area contributed by atoms with Crippen molar-refractivity contribution >= 4 is 17.9 Å². The van der Waals surface area contributed by atoms with E-state index in [1.165, 1.54) is 10.5 Å². The number of carbonyl (C=O) groups excluding carboxylic acids is 2. The Kier molecular flexibility index (Phi) is 8.49. The van der Waals surface area contributed by atoms with Gasteiger partial charge in [-0.3, -0.25) is 14.5 Å². The van der Waals surface area contributed by atoms with E-state index >= 15 is 0 Å². The fraction of sp³-hybridized carbons (Fsp3) is 0.556. The molecule has 0 aromatic heterocycles. The number of phenols is 1. The number of hydrogen-bond acceptors (Lipinski definition) is 5. The largest absolute Gasteiger partial charge is 0.508 e. The molecule has 1 heterocycles. The van der Waals surface area contributed by atoms with Gasteiger partial charge in [0.1, 0.15) is 5.75 Å². The van der Waals surface area contributed by atoms with Gasteiger partial charge in [-0.05, 0) is 62.3 Å². The van der Waals surface area contributed by atoms with Crippen molar-refractivity contribution in [2.45, 2.75) is 65.4 Å². The van der Waals surface area contributed by atoms with E-state index in [2.05, 4.69) is 13.0 Å². The first kappa shape index (κ1) is 25.2. The van der Waals surface area contributed by atoms with Gasteiger partial charge in [0.15, 0.2) is 0 Å². The van der Waals surface area contributed by atoms with Gasteiger partial charge in [-0.25, -0.2) is 0 Å². The minimum absolute atomic E-state index is 0.141. The molecule has 3 rings (SSSR count). The van der Waals surface area contributed by atoms with Crippen LogP contribution in [-0.2, 0) is 9.59 Å². The Morgan fingerprint density at radius 3 is 2.58 bits per heavy atom. The predicted molar refractivity (Wildman–Crippen MR) is 128 cm³/mol. The standard InChI is InChI=1S/C27H37NO5/c1-4-7-18(14-19-8-6-9-20(30)15-19)10-11-23(31)24-17(3)13-21-25(22(24)16-29)27(33)28(12-5-2)26(21)32/h6,8-9,14-15,21-23,25,29-31H,4-5,7,10-13,16H2,1-3H3/b18-14+/t21-,22+,23-,25-/m1/s1. The van der Waals surface area contributed by atoms with E-state index in [9.17, 15) is 24.9 Å². The lowest BCUT2D eigenvalue weighted by molar-refractivity contribution is -0.140. The first-order chi connectivity index (χ1) is 15.8. The van der Waals surface area contributed by atoms with Crippen LogP contribution in [-0.4, -0.2) is 51.3 Å². The van der Waals surface area contributed by atoms with Crippen LogP contribution >= 0.6 is 0 Å². The third-order valence-electron chi connectivity index (χ3n) is 6.97. The molecule has 2 aliphatic rings. The lowest BCUT2D eigenvalue weighted by atomic mass is 9.68. The summed E-state index contributed by atoms with van der Waals surface area (Å²) in [6.07, 6.45) is 5.43. The lowest BCUT2D eigenvalue weighted by Gasteiger charge is -2.35. The quantitative estimate of drug-likeness (QED) is 0.365. The van der Waals surface area contributed by atoms with Crippen molar-refractivity contribution < 1.29 is 24.9 Å². The van der Waals surface area contributed by atoms with Gasteiger partial charge in [0.2, 0.25) is 11.8 Å². The molecule has 4 atom stereocenters. The number of hydrogen-bond donors (Lipinski definition) is 3. The highest BCUT2D eigenvalue weighted by Gasteiger charge is 2.54. The number of aliphatic hydroxyl groups is 2. The summed E-state index contributed by atoms with van der Waals surface area (Å²) in [7, 11) is 0. The van der Waals surface area contributed by atoms with Crippen LogP contribution in [0.25, 0.3) is 6.08 Å². The van der Waals surface area contributed by atoms with Gasteiger partial charge in [-0.1, -0.05) is 49.6 Å². The van der Waals surface area contributed by atoms with Gasteiger partial charge in [-0.15, -0.1) is 0 Å². The molecule has 1 aromatic rings. The van der Waals surface area contributed by atoms with E-state index in [0.717, 1.165) is 29.6 Å². The van der Waals surface area contributed by atoms with E-state index in [4.69, 9.17) is 0 Å². The molecule has 6 heteroatoms. The second-order valence-electron chi connectivity index (χ2n) is 9.39. The van der Waals surface area contributed by atoms with E-state index < -0.39 is 23.9 Å². The number of rotatable bonds is 10. The summed E-state index contributed by atoms with van der Waals surface area (Å²) >= 11 is 0. The number of fused-ring (bicyclic) bond motifs is 1. The Morgan fingerprint density at radius 1 is 1.18 bits per heavy atom. The predicted octanol–water partition coefficient (Wildman–Crippen LogP) is 4.06. The van der Waals surface area contributed by atoms with E-state index in [-0.39, 0.29) is 24.2 Å². The highest BCUT2D eigenvalue weighted by Crippen LogP contribution is 2.46. The lowest BCUT2D eigenvalue weighted by Crippen LogP contribution is -2.38. The molecule has 1 fully saturated rings. The summed E-state index contributed by atoms with van der Waals surface area (Å²) in [6.45, 7) is 6.09. The van der Waals surface area contributed by atoms with Crippen molar-refractivity contribution in [2.24, 2.45) is 17.8 Å². The summed E-state index contributed by atoms with van der Waals surface area (Å²) in [5.41, 5.74) is 3.74. The Labute approximate surface area is 196 Å². The Balaban J connectivity index is 1.78. The first-order valence-corrected chi connectivity index (χ1v) is 12.1. The Bertz CT molecular complexity index is 934. The minimum atomic E-state index is -0.782. The summed E-state index contributed by atoms with van der Waals surface area (Å²) in [5.74, 6) is -1.67. The molecule has 1 aliphatic carbocycles. The molecule has 2 amide bonds. The van der Waals surface area contributed by atoms with Crippen molar-refractivity contribution in [1.82, 2.24) is 4.90 Å². The van der Waals surface area contributed by atoms with Crippen LogP contribution in [0.5, 0.6) is 5.75 Å². The third-order valence-corrected chi connectivity index (χ3v) is 6.97. The molecule has 0 radical (unpaired) electrons. The first-order valence-electron chi connectivity index (χ1n) is 12.1. The van der Waals surface area contributed by atoms with Gasteiger partial charge in [0, 0.05) is 12.5 Å². The van der Waals surface area contributed by atoms with Crippen molar-refractivity contribution in [2.75, 3.05) is 13.2 Å². The number of aliphatic hydroxyl groups excluding tert-OH is 2. The molecule has 0 bridgehead atoms. The number of benzene rings is 1. The summed E-state index contributed by atoms with van der Waals surface area (Å²) in [5, 5.41) is 31.1. The smallest absolute Gasteiger partial charge is 0.233 e. The van der Waals surface area contributed by atoms with Gasteiger partial charge < -0.3 is 15.3 Å². The van der Waals surface area contributed by atoms with Crippen molar-refractivity contribution in [3.8, 4) is 5.75 Å². The van der Waals surface area contributed by atoms with Crippen LogP contribution in [0.4, 0.5) is 0 Å². The van der Waals surface area contributed by atoms with Crippen LogP contribution in [0.3, 0.4) is 0 Å². The average molecular weight is 456 g/mol. The van der Waals surface area contributed by atoms with Crippen LogP contribution in [0, 0.1) is 17.8 Å². The topological polar surface area (TPSA) is 98.1 Å². The third kappa shape index (κ3) is 5.39. The Hall–Kier alpha value is -2.44. The number of aromatic hydroxyl groups is 1. The van der Waals surface area contributed by atoms with Crippen molar-refractivity contribution in [1.29, 1.82) is 0 Å². The van der Waals surface area contributed by atoms with Gasteiger partial charge in [-0.2, -0.15) is 0 Å². The molecule has 6 nitrogen and oxygen atoms in total. The minimum Gasteiger partial charge on any atom is -0.508 e. The summed E-state index contributed by atoms with van der Waals surface area (Å²) in [6, 6.07) is 7.09. The second kappa shape index (κ2) is 11.1. The zero-order chi connectivity index (χ0) is 24.1. The highest BCUT2D eigenvalue weighted by atomic mass is 16.3. The zero-order valence-corrected chi connectivity index (χ0v) is 20.0. The van der Waals surface area contributed by atoms with Crippen molar-refractivity contribution in [3.63, 3.8) is 0 Å². The Morgan fingerprint density at radius 2 is 1.94 bits per heavy atom. The normalized spacial score (nSPS) is 24.5. The van der Waals surface area contributed by atoms with Crippen LogP contribution < -0.4 is 0 Å². The number of carbonyl (C=O) groups is 2. The highest BCUT2D eigenvalue weighted by molar-refractivity contribution is 6.05. The number of likely N-dealkylation sites (tertiary alicyclic amines) is 1. The molecule has 33 heavy (non-hydrogen) atoms. The number of imide groups is 1. The maximum Gasteiger partial charge on any atom is 0.233 e. The van der Waals surface area contributed by atoms with Crippen LogP contribution in [0.15, 0.2) is 41.0 Å². The molecule has 0 unspecified atom stereocenters. The van der Waals surface area contributed by atoms with Gasteiger partial charge in [0.25, 0.3) is 0 Å². The van der Waals surface area contributed by atoms with Crippen LogP contribution in [0.2, 0.25) is 0 Å². The van der Waals surface area contributed by atoms with Gasteiger partial charge in [0.05, 0.1) is 24.5 Å².